The highest BCUT2D eigenvalue weighted by Crippen LogP contribution is 2.37. The SMILES string of the molecule is OCCN1CC=C(c2cn(-c3ccc(F)cc3)c3ccc(C(F)(F)F)cc23)CC1. The van der Waals surface area contributed by atoms with Crippen LogP contribution in [0.25, 0.3) is 22.2 Å². The maximum Gasteiger partial charge on any atom is 0.416 e. The Morgan fingerprint density at radius 3 is 2.41 bits per heavy atom. The number of β-amino-alcohol motifs (C(OH)–C–C–N with tert-alkyl or cyclic N) is 1. The number of aliphatic hydroxyl groups is 1. The number of fused-ring (bicyclic) bond motifs is 1. The molecule has 1 N–H and O–H groups in total. The van der Waals surface area contributed by atoms with E-state index < -0.39 is 11.7 Å². The first-order valence-corrected chi connectivity index (χ1v) is 9.37. The summed E-state index contributed by atoms with van der Waals surface area (Å²) in [6.45, 7) is 2.01. The molecule has 0 saturated carbocycles. The summed E-state index contributed by atoms with van der Waals surface area (Å²) in [4.78, 5) is 2.09. The van der Waals surface area contributed by atoms with Crippen LogP contribution < -0.4 is 0 Å². The summed E-state index contributed by atoms with van der Waals surface area (Å²) in [6.07, 6.45) is 0.0792. The van der Waals surface area contributed by atoms with E-state index in [1.165, 1.54) is 24.3 Å². The molecule has 0 atom stereocenters. The van der Waals surface area contributed by atoms with Crippen molar-refractivity contribution in [3.8, 4) is 5.69 Å². The van der Waals surface area contributed by atoms with E-state index in [0.29, 0.717) is 36.1 Å². The second-order valence-electron chi connectivity index (χ2n) is 7.12. The van der Waals surface area contributed by atoms with Crippen LogP contribution in [0, 0.1) is 5.82 Å². The van der Waals surface area contributed by atoms with E-state index in [-0.39, 0.29) is 12.4 Å². The van der Waals surface area contributed by atoms with Gasteiger partial charge in [-0.25, -0.2) is 4.39 Å². The molecule has 29 heavy (non-hydrogen) atoms. The summed E-state index contributed by atoms with van der Waals surface area (Å²) in [5, 5.41) is 9.62. The number of nitrogens with zero attached hydrogens (tertiary/aromatic N) is 2. The van der Waals surface area contributed by atoms with Gasteiger partial charge >= 0.3 is 6.18 Å². The van der Waals surface area contributed by atoms with Crippen molar-refractivity contribution in [3.63, 3.8) is 0 Å². The van der Waals surface area contributed by atoms with Gasteiger partial charge in [0.2, 0.25) is 0 Å². The van der Waals surface area contributed by atoms with Crippen molar-refractivity contribution in [3.05, 3.63) is 71.7 Å². The highest BCUT2D eigenvalue weighted by atomic mass is 19.4. The van der Waals surface area contributed by atoms with Crippen LogP contribution in [0.1, 0.15) is 17.5 Å². The van der Waals surface area contributed by atoms with Crippen LogP contribution >= 0.6 is 0 Å². The Balaban J connectivity index is 1.85. The Hall–Kier alpha value is -2.64. The molecule has 1 aromatic heterocycles. The number of aromatic nitrogens is 1. The molecule has 2 aromatic carbocycles. The minimum absolute atomic E-state index is 0.0714. The van der Waals surface area contributed by atoms with E-state index in [2.05, 4.69) is 4.90 Å². The molecule has 0 aliphatic carbocycles. The van der Waals surface area contributed by atoms with Gasteiger partial charge in [0.15, 0.2) is 0 Å². The summed E-state index contributed by atoms with van der Waals surface area (Å²) in [6, 6.07) is 9.60. The lowest BCUT2D eigenvalue weighted by Crippen LogP contribution is -2.31. The zero-order chi connectivity index (χ0) is 20.6. The molecule has 4 rings (SSSR count). The van der Waals surface area contributed by atoms with Crippen LogP contribution in [-0.4, -0.2) is 40.8 Å². The largest absolute Gasteiger partial charge is 0.416 e. The van der Waals surface area contributed by atoms with Crippen LogP contribution in [0.4, 0.5) is 17.6 Å². The van der Waals surface area contributed by atoms with Crippen LogP contribution in [0.3, 0.4) is 0 Å². The van der Waals surface area contributed by atoms with Gasteiger partial charge in [0.05, 0.1) is 17.7 Å². The highest BCUT2D eigenvalue weighted by Gasteiger charge is 2.31. The molecular formula is C22H20F4N2O. The fraction of sp³-hybridized carbons (Fsp3) is 0.273. The molecule has 7 heteroatoms. The second-order valence-corrected chi connectivity index (χ2v) is 7.12. The molecule has 3 nitrogen and oxygen atoms in total. The number of rotatable bonds is 4. The molecule has 1 aliphatic heterocycles. The first kappa shape index (κ1) is 19.7. The molecule has 152 valence electrons. The molecule has 0 fully saturated rings. The lowest BCUT2D eigenvalue weighted by molar-refractivity contribution is -0.137. The van der Waals surface area contributed by atoms with E-state index in [9.17, 15) is 17.6 Å². The minimum atomic E-state index is -4.43. The molecule has 2 heterocycles. The third-order valence-electron chi connectivity index (χ3n) is 5.29. The average molecular weight is 404 g/mol. The van der Waals surface area contributed by atoms with Gasteiger partial charge < -0.3 is 9.67 Å². The van der Waals surface area contributed by atoms with Crippen molar-refractivity contribution in [2.75, 3.05) is 26.2 Å². The number of halogens is 4. The van der Waals surface area contributed by atoms with Gasteiger partial charge in [0, 0.05) is 42.5 Å². The van der Waals surface area contributed by atoms with Gasteiger partial charge in [-0.05, 0) is 54.5 Å². The molecule has 0 bridgehead atoms. The summed E-state index contributed by atoms with van der Waals surface area (Å²) in [7, 11) is 0. The summed E-state index contributed by atoms with van der Waals surface area (Å²) in [5.74, 6) is -0.372. The summed E-state index contributed by atoms with van der Waals surface area (Å²) < 4.78 is 55.0. The molecule has 0 spiro atoms. The Kier molecular flexibility index (Phi) is 5.19. The Morgan fingerprint density at radius 1 is 1.03 bits per heavy atom. The Bertz CT molecular complexity index is 1050. The summed E-state index contributed by atoms with van der Waals surface area (Å²) in [5.41, 5.74) is 2.35. The monoisotopic (exact) mass is 404 g/mol. The fourth-order valence-corrected chi connectivity index (χ4v) is 3.78. The number of benzene rings is 2. The Morgan fingerprint density at radius 2 is 1.79 bits per heavy atom. The quantitative estimate of drug-likeness (QED) is 0.629. The van der Waals surface area contributed by atoms with E-state index in [0.717, 1.165) is 23.7 Å². The third-order valence-corrected chi connectivity index (χ3v) is 5.29. The number of hydrogen-bond acceptors (Lipinski definition) is 2. The van der Waals surface area contributed by atoms with E-state index in [1.54, 1.807) is 16.7 Å². The zero-order valence-corrected chi connectivity index (χ0v) is 15.6. The summed E-state index contributed by atoms with van der Waals surface area (Å²) >= 11 is 0. The second kappa shape index (κ2) is 7.65. The third kappa shape index (κ3) is 3.93. The predicted molar refractivity (Wildman–Crippen MR) is 104 cm³/mol. The van der Waals surface area contributed by atoms with Crippen molar-refractivity contribution >= 4 is 16.5 Å². The fourth-order valence-electron chi connectivity index (χ4n) is 3.78. The molecule has 0 radical (unpaired) electrons. The minimum Gasteiger partial charge on any atom is -0.395 e. The van der Waals surface area contributed by atoms with Crippen molar-refractivity contribution in [1.29, 1.82) is 0 Å². The van der Waals surface area contributed by atoms with E-state index in [4.69, 9.17) is 5.11 Å². The number of alkyl halides is 3. The molecule has 0 unspecified atom stereocenters. The van der Waals surface area contributed by atoms with Crippen LogP contribution in [0.15, 0.2) is 54.7 Å². The van der Waals surface area contributed by atoms with E-state index in [1.807, 2.05) is 12.3 Å². The zero-order valence-electron chi connectivity index (χ0n) is 15.6. The van der Waals surface area contributed by atoms with Crippen molar-refractivity contribution in [2.24, 2.45) is 0 Å². The molecule has 0 amide bonds. The normalized spacial score (nSPS) is 15.7. The average Bonchev–Trinajstić information content (AvgIpc) is 3.08. The number of hydrogen-bond donors (Lipinski definition) is 1. The Labute approximate surface area is 165 Å². The molecule has 0 saturated heterocycles. The topological polar surface area (TPSA) is 28.4 Å². The molecular weight excluding hydrogens is 384 g/mol. The van der Waals surface area contributed by atoms with Gasteiger partial charge in [-0.15, -0.1) is 0 Å². The smallest absolute Gasteiger partial charge is 0.395 e. The van der Waals surface area contributed by atoms with Crippen LogP contribution in [-0.2, 0) is 6.18 Å². The lowest BCUT2D eigenvalue weighted by Gasteiger charge is -2.25. The molecule has 1 aliphatic rings. The maximum atomic E-state index is 13.3. The van der Waals surface area contributed by atoms with Gasteiger partial charge in [0.1, 0.15) is 5.82 Å². The standard InChI is InChI=1S/C22H20F4N2O/c23-17-2-4-18(5-3-17)28-14-20(15-7-9-27(10-8-15)11-12-29)19-13-16(22(24,25)26)1-6-21(19)28/h1-7,13-14,29H,8-12H2. The van der Waals surface area contributed by atoms with Crippen LogP contribution in [0.5, 0.6) is 0 Å². The van der Waals surface area contributed by atoms with Crippen molar-refractivity contribution < 1.29 is 22.7 Å². The number of aliphatic hydroxyl groups excluding tert-OH is 1. The predicted octanol–water partition coefficient (Wildman–Crippen LogP) is 4.87. The maximum absolute atomic E-state index is 13.3. The van der Waals surface area contributed by atoms with Gasteiger partial charge in [-0.2, -0.15) is 13.2 Å². The van der Waals surface area contributed by atoms with Gasteiger partial charge in [0.25, 0.3) is 0 Å². The lowest BCUT2D eigenvalue weighted by atomic mass is 9.98. The first-order valence-electron chi connectivity index (χ1n) is 9.37. The highest BCUT2D eigenvalue weighted by molar-refractivity contribution is 5.95. The van der Waals surface area contributed by atoms with Gasteiger partial charge in [-0.1, -0.05) is 6.08 Å². The van der Waals surface area contributed by atoms with Crippen molar-refractivity contribution in [2.45, 2.75) is 12.6 Å². The van der Waals surface area contributed by atoms with E-state index >= 15 is 0 Å². The van der Waals surface area contributed by atoms with Crippen molar-refractivity contribution in [1.82, 2.24) is 9.47 Å². The van der Waals surface area contributed by atoms with Crippen LogP contribution in [0.2, 0.25) is 0 Å². The first-order chi connectivity index (χ1) is 13.9. The molecule has 3 aromatic rings. The van der Waals surface area contributed by atoms with Gasteiger partial charge in [-0.3, -0.25) is 4.90 Å².